The average molecular weight is 308 g/mol. The molecule has 21 heavy (non-hydrogen) atoms. The predicted octanol–water partition coefficient (Wildman–Crippen LogP) is 4.27. The maximum Gasteiger partial charge on any atom is 0.0468 e. The summed E-state index contributed by atoms with van der Waals surface area (Å²) in [5.41, 5.74) is 1.34. The minimum Gasteiger partial charge on any atom is -0.381 e. The molecule has 1 saturated heterocycles. The van der Waals surface area contributed by atoms with Crippen molar-refractivity contribution in [3.05, 3.63) is 29.8 Å². The summed E-state index contributed by atoms with van der Waals surface area (Å²) in [7, 11) is 0. The van der Waals surface area contributed by atoms with Crippen molar-refractivity contribution >= 4 is 11.8 Å². The lowest BCUT2D eigenvalue weighted by Crippen LogP contribution is -2.35. The molecule has 118 valence electrons. The summed E-state index contributed by atoms with van der Waals surface area (Å²) in [6.07, 6.45) is 4.97. The molecule has 1 N–H and O–H groups in total. The van der Waals surface area contributed by atoms with Gasteiger partial charge in [-0.2, -0.15) is 0 Å². The van der Waals surface area contributed by atoms with E-state index in [2.05, 4.69) is 43.4 Å². The first-order valence-corrected chi connectivity index (χ1v) is 9.27. The van der Waals surface area contributed by atoms with Crippen LogP contribution in [0.5, 0.6) is 0 Å². The lowest BCUT2D eigenvalue weighted by atomic mass is 9.93. The number of nitrogens with one attached hydrogen (secondary N) is 1. The van der Waals surface area contributed by atoms with Crippen LogP contribution in [0.3, 0.4) is 0 Å². The Balaban J connectivity index is 1.81. The lowest BCUT2D eigenvalue weighted by Gasteiger charge is -2.27. The maximum absolute atomic E-state index is 5.48. The number of aryl methyl sites for hydroxylation is 1. The number of ether oxygens (including phenoxy) is 1. The first-order chi connectivity index (χ1) is 10.3. The number of hydrogen-bond donors (Lipinski definition) is 1. The summed E-state index contributed by atoms with van der Waals surface area (Å²) in [6, 6.07) is 9.51. The van der Waals surface area contributed by atoms with Crippen molar-refractivity contribution in [1.29, 1.82) is 0 Å². The average Bonchev–Trinajstić information content (AvgIpc) is 2.52. The highest BCUT2D eigenvalue weighted by Gasteiger charge is 2.19. The van der Waals surface area contributed by atoms with E-state index in [-0.39, 0.29) is 0 Å². The second kappa shape index (κ2) is 9.50. The van der Waals surface area contributed by atoms with Crippen molar-refractivity contribution in [2.45, 2.75) is 50.5 Å². The molecule has 0 spiro atoms. The zero-order valence-corrected chi connectivity index (χ0v) is 14.3. The highest BCUT2D eigenvalue weighted by Crippen LogP contribution is 2.25. The molecule has 0 radical (unpaired) electrons. The summed E-state index contributed by atoms with van der Waals surface area (Å²) in [4.78, 5) is 1.39. The summed E-state index contributed by atoms with van der Waals surface area (Å²) in [5.74, 6) is 2.01. The maximum atomic E-state index is 5.48. The molecule has 0 aliphatic carbocycles. The molecule has 1 fully saturated rings. The fraction of sp³-hybridized carbons (Fsp3) is 0.667. The molecular formula is C18H29NOS. The molecule has 0 amide bonds. The van der Waals surface area contributed by atoms with Crippen molar-refractivity contribution in [3.8, 4) is 0 Å². The minimum absolute atomic E-state index is 0.624. The van der Waals surface area contributed by atoms with Crippen LogP contribution in [0.2, 0.25) is 0 Å². The van der Waals surface area contributed by atoms with Gasteiger partial charge in [-0.25, -0.2) is 0 Å². The fourth-order valence-corrected chi connectivity index (χ4v) is 3.75. The number of hydrogen-bond acceptors (Lipinski definition) is 3. The molecule has 1 aliphatic rings. The second-order valence-electron chi connectivity index (χ2n) is 6.07. The highest BCUT2D eigenvalue weighted by molar-refractivity contribution is 7.99. The normalized spacial score (nSPS) is 17.8. The Morgan fingerprint density at radius 1 is 1.24 bits per heavy atom. The first-order valence-electron chi connectivity index (χ1n) is 8.28. The van der Waals surface area contributed by atoms with Crippen LogP contribution in [0.15, 0.2) is 29.2 Å². The van der Waals surface area contributed by atoms with E-state index in [1.54, 1.807) is 0 Å². The predicted molar refractivity (Wildman–Crippen MR) is 92.1 cm³/mol. The van der Waals surface area contributed by atoms with E-state index in [0.717, 1.165) is 25.7 Å². The smallest absolute Gasteiger partial charge is 0.0468 e. The molecule has 0 saturated carbocycles. The van der Waals surface area contributed by atoms with Gasteiger partial charge in [-0.05, 0) is 57.2 Å². The summed E-state index contributed by atoms with van der Waals surface area (Å²) in [5, 5.41) is 3.74. The van der Waals surface area contributed by atoms with Gasteiger partial charge in [-0.1, -0.05) is 24.6 Å². The number of benzene rings is 1. The Morgan fingerprint density at radius 3 is 2.62 bits per heavy atom. The summed E-state index contributed by atoms with van der Waals surface area (Å²) < 4.78 is 5.48. The largest absolute Gasteiger partial charge is 0.381 e. The van der Waals surface area contributed by atoms with Gasteiger partial charge in [0.1, 0.15) is 0 Å². The molecule has 3 heteroatoms. The van der Waals surface area contributed by atoms with Gasteiger partial charge in [0.15, 0.2) is 0 Å². The van der Waals surface area contributed by atoms with Crippen molar-refractivity contribution in [3.63, 3.8) is 0 Å². The van der Waals surface area contributed by atoms with E-state index in [1.807, 2.05) is 11.8 Å². The Kier molecular flexibility index (Phi) is 7.62. The van der Waals surface area contributed by atoms with Crippen LogP contribution < -0.4 is 5.32 Å². The van der Waals surface area contributed by atoms with E-state index in [4.69, 9.17) is 4.74 Å². The van der Waals surface area contributed by atoms with Gasteiger partial charge in [-0.3, -0.25) is 0 Å². The van der Waals surface area contributed by atoms with Gasteiger partial charge in [0.05, 0.1) is 0 Å². The third kappa shape index (κ3) is 6.41. The van der Waals surface area contributed by atoms with Crippen LogP contribution in [-0.4, -0.2) is 31.6 Å². The van der Waals surface area contributed by atoms with Crippen molar-refractivity contribution in [2.75, 3.05) is 25.5 Å². The molecule has 1 aliphatic heterocycles. The molecule has 2 rings (SSSR count). The van der Waals surface area contributed by atoms with Crippen LogP contribution in [0.1, 0.15) is 38.2 Å². The molecule has 0 bridgehead atoms. The Morgan fingerprint density at radius 2 is 1.95 bits per heavy atom. The van der Waals surface area contributed by atoms with E-state index in [0.29, 0.717) is 6.04 Å². The topological polar surface area (TPSA) is 21.3 Å². The second-order valence-corrected chi connectivity index (χ2v) is 7.16. The molecule has 1 aromatic carbocycles. The SMILES string of the molecule is CCCNC(CSc1ccc(C)cc1)CC1CCOCC1. The van der Waals surface area contributed by atoms with E-state index in [9.17, 15) is 0 Å². The number of thioether (sulfide) groups is 1. The summed E-state index contributed by atoms with van der Waals surface area (Å²) in [6.45, 7) is 7.42. The molecule has 1 atom stereocenters. The van der Waals surface area contributed by atoms with Crippen LogP contribution in [0.25, 0.3) is 0 Å². The zero-order valence-electron chi connectivity index (χ0n) is 13.4. The van der Waals surface area contributed by atoms with Crippen LogP contribution in [-0.2, 0) is 4.74 Å². The fourth-order valence-electron chi connectivity index (χ4n) is 2.77. The standard InChI is InChI=1S/C18H29NOS/c1-3-10-19-17(13-16-8-11-20-12-9-16)14-21-18-6-4-15(2)5-7-18/h4-7,16-17,19H,3,8-14H2,1-2H3. The van der Waals surface area contributed by atoms with Crippen LogP contribution in [0, 0.1) is 12.8 Å². The monoisotopic (exact) mass is 307 g/mol. The van der Waals surface area contributed by atoms with E-state index < -0.39 is 0 Å². The molecular weight excluding hydrogens is 278 g/mol. The van der Waals surface area contributed by atoms with Crippen molar-refractivity contribution in [1.82, 2.24) is 5.32 Å². The van der Waals surface area contributed by atoms with Crippen LogP contribution >= 0.6 is 11.8 Å². The van der Waals surface area contributed by atoms with E-state index in [1.165, 1.54) is 41.9 Å². The molecule has 0 aromatic heterocycles. The van der Waals surface area contributed by atoms with E-state index >= 15 is 0 Å². The molecule has 1 unspecified atom stereocenters. The Hall–Kier alpha value is -0.510. The van der Waals surface area contributed by atoms with Gasteiger partial charge >= 0.3 is 0 Å². The van der Waals surface area contributed by atoms with Crippen LogP contribution in [0.4, 0.5) is 0 Å². The van der Waals surface area contributed by atoms with Gasteiger partial charge in [0.2, 0.25) is 0 Å². The molecule has 2 nitrogen and oxygen atoms in total. The minimum atomic E-state index is 0.624. The number of rotatable bonds is 8. The first kappa shape index (κ1) is 16.9. The molecule has 1 heterocycles. The van der Waals surface area contributed by atoms with Gasteiger partial charge < -0.3 is 10.1 Å². The van der Waals surface area contributed by atoms with Gasteiger partial charge in [0, 0.05) is 29.9 Å². The summed E-state index contributed by atoms with van der Waals surface area (Å²) >= 11 is 1.98. The zero-order chi connectivity index (χ0) is 14.9. The molecule has 1 aromatic rings. The highest BCUT2D eigenvalue weighted by atomic mass is 32.2. The lowest BCUT2D eigenvalue weighted by molar-refractivity contribution is 0.0613. The third-order valence-corrected chi connectivity index (χ3v) is 5.29. The third-order valence-electron chi connectivity index (χ3n) is 4.11. The van der Waals surface area contributed by atoms with Gasteiger partial charge in [0.25, 0.3) is 0 Å². The van der Waals surface area contributed by atoms with Crippen molar-refractivity contribution in [2.24, 2.45) is 5.92 Å². The Labute approximate surface area is 134 Å². The quantitative estimate of drug-likeness (QED) is 0.725. The van der Waals surface area contributed by atoms with Gasteiger partial charge in [-0.15, -0.1) is 11.8 Å². The Bertz CT molecular complexity index is 387. The van der Waals surface area contributed by atoms with Crippen molar-refractivity contribution < 1.29 is 4.74 Å².